The molecule has 0 amide bonds. The van der Waals surface area contributed by atoms with Gasteiger partial charge in [0.2, 0.25) is 0 Å². The molecule has 3 heterocycles. The summed E-state index contributed by atoms with van der Waals surface area (Å²) in [5, 5.41) is 4.12. The number of nitrogens with zero attached hydrogens (tertiary/aromatic N) is 3. The van der Waals surface area contributed by atoms with E-state index in [1.807, 2.05) is 12.1 Å². The van der Waals surface area contributed by atoms with Gasteiger partial charge in [-0.05, 0) is 18.6 Å². The van der Waals surface area contributed by atoms with Gasteiger partial charge in [0.05, 0.1) is 16.7 Å². The zero-order valence-electron chi connectivity index (χ0n) is 12.2. The summed E-state index contributed by atoms with van der Waals surface area (Å²) in [5.74, 6) is 1.63. The van der Waals surface area contributed by atoms with Gasteiger partial charge < -0.3 is 9.82 Å². The summed E-state index contributed by atoms with van der Waals surface area (Å²) in [4.78, 5) is 16.0. The van der Waals surface area contributed by atoms with Gasteiger partial charge in [-0.3, -0.25) is 4.90 Å². The number of nitrogens with one attached hydrogen (secondary N) is 1. The fourth-order valence-electron chi connectivity index (χ4n) is 3.14. The third kappa shape index (κ3) is 2.42. The Morgan fingerprint density at radius 1 is 1.33 bits per heavy atom. The number of hydrogen-bond donors (Lipinski definition) is 1. The first-order valence-corrected chi connectivity index (χ1v) is 7.70. The summed E-state index contributed by atoms with van der Waals surface area (Å²) in [5.41, 5.74) is 3.38. The van der Waals surface area contributed by atoms with Gasteiger partial charge in [0.15, 0.2) is 0 Å². The van der Waals surface area contributed by atoms with Crippen LogP contribution in [0, 0.1) is 0 Å². The quantitative estimate of drug-likeness (QED) is 0.938. The SMILES string of the molecule is CCC1=NO[C@@H](CN2CC(c3nc4ccccc4[nH]3)C2)C1. The van der Waals surface area contributed by atoms with E-state index in [2.05, 4.69) is 34.1 Å². The van der Waals surface area contributed by atoms with Crippen LogP contribution in [0.5, 0.6) is 0 Å². The zero-order chi connectivity index (χ0) is 14.2. The van der Waals surface area contributed by atoms with Crippen LogP contribution in [0.4, 0.5) is 0 Å². The Balaban J connectivity index is 1.33. The van der Waals surface area contributed by atoms with Gasteiger partial charge in [0.25, 0.3) is 0 Å². The first-order chi connectivity index (χ1) is 10.3. The molecule has 0 unspecified atom stereocenters. The highest BCUT2D eigenvalue weighted by Gasteiger charge is 2.33. The molecule has 0 spiro atoms. The van der Waals surface area contributed by atoms with E-state index < -0.39 is 0 Å². The third-order valence-corrected chi connectivity index (χ3v) is 4.42. The topological polar surface area (TPSA) is 53.5 Å². The molecule has 1 atom stereocenters. The first-order valence-electron chi connectivity index (χ1n) is 7.70. The second-order valence-corrected chi connectivity index (χ2v) is 6.00. The lowest BCUT2D eigenvalue weighted by molar-refractivity contribution is 0.0255. The standard InChI is InChI=1S/C16H20N4O/c1-2-12-7-13(21-19-12)10-20-8-11(9-20)16-17-14-5-3-4-6-15(14)18-16/h3-6,11,13H,2,7-10H2,1H3,(H,17,18)/t13-/m1/s1. The molecule has 2 aliphatic heterocycles. The number of aromatic amines is 1. The van der Waals surface area contributed by atoms with E-state index in [1.54, 1.807) is 0 Å². The number of fused-ring (bicyclic) bond motifs is 1. The predicted molar refractivity (Wildman–Crippen MR) is 82.5 cm³/mol. The van der Waals surface area contributed by atoms with Crippen LogP contribution in [0.1, 0.15) is 31.5 Å². The number of para-hydroxylation sites is 2. The highest BCUT2D eigenvalue weighted by Crippen LogP contribution is 2.28. The van der Waals surface area contributed by atoms with Crippen LogP contribution in [0.2, 0.25) is 0 Å². The van der Waals surface area contributed by atoms with Crippen LogP contribution in [0.3, 0.4) is 0 Å². The van der Waals surface area contributed by atoms with Crippen molar-refractivity contribution in [1.29, 1.82) is 0 Å². The Morgan fingerprint density at radius 3 is 2.95 bits per heavy atom. The highest BCUT2D eigenvalue weighted by molar-refractivity contribution is 5.85. The maximum atomic E-state index is 5.47. The minimum Gasteiger partial charge on any atom is -0.391 e. The van der Waals surface area contributed by atoms with Gasteiger partial charge in [-0.15, -0.1) is 0 Å². The van der Waals surface area contributed by atoms with E-state index in [0.29, 0.717) is 5.92 Å². The molecule has 4 rings (SSSR count). The number of oxime groups is 1. The molecule has 1 saturated heterocycles. The number of hydrogen-bond acceptors (Lipinski definition) is 4. The normalized spacial score (nSPS) is 23.1. The smallest absolute Gasteiger partial charge is 0.145 e. The molecule has 1 aromatic heterocycles. The number of benzene rings is 1. The van der Waals surface area contributed by atoms with Crippen molar-refractivity contribution in [2.45, 2.75) is 31.8 Å². The fraction of sp³-hybridized carbons (Fsp3) is 0.500. The average molecular weight is 284 g/mol. The molecule has 5 nitrogen and oxygen atoms in total. The maximum absolute atomic E-state index is 5.47. The average Bonchev–Trinajstić information content (AvgIpc) is 3.08. The second kappa shape index (κ2) is 5.15. The van der Waals surface area contributed by atoms with Crippen molar-refractivity contribution in [1.82, 2.24) is 14.9 Å². The lowest BCUT2D eigenvalue weighted by Crippen LogP contribution is -2.48. The summed E-state index contributed by atoms with van der Waals surface area (Å²) in [7, 11) is 0. The van der Waals surface area contributed by atoms with Crippen molar-refractivity contribution in [3.05, 3.63) is 30.1 Å². The summed E-state index contributed by atoms with van der Waals surface area (Å²) in [6.07, 6.45) is 2.23. The molecule has 110 valence electrons. The predicted octanol–water partition coefficient (Wildman–Crippen LogP) is 2.52. The minimum atomic E-state index is 0.247. The second-order valence-electron chi connectivity index (χ2n) is 6.00. The first kappa shape index (κ1) is 12.8. The van der Waals surface area contributed by atoms with Gasteiger partial charge in [-0.1, -0.05) is 24.2 Å². The molecule has 0 bridgehead atoms. The van der Waals surface area contributed by atoms with Crippen LogP contribution in [-0.2, 0) is 4.84 Å². The lowest BCUT2D eigenvalue weighted by Gasteiger charge is -2.38. The Bertz CT molecular complexity index is 639. The van der Waals surface area contributed by atoms with Crippen molar-refractivity contribution in [2.75, 3.05) is 19.6 Å². The molecule has 1 fully saturated rings. The molecule has 0 aliphatic carbocycles. The Labute approximate surface area is 124 Å². The number of likely N-dealkylation sites (tertiary alicyclic amines) is 1. The van der Waals surface area contributed by atoms with Gasteiger partial charge in [-0.25, -0.2) is 4.98 Å². The maximum Gasteiger partial charge on any atom is 0.145 e. The molecule has 1 N–H and O–H groups in total. The van der Waals surface area contributed by atoms with E-state index in [-0.39, 0.29) is 6.10 Å². The largest absolute Gasteiger partial charge is 0.391 e. The summed E-state index contributed by atoms with van der Waals surface area (Å²) < 4.78 is 0. The molecule has 2 aromatic rings. The molecule has 1 aromatic carbocycles. The molecular formula is C16H20N4O. The van der Waals surface area contributed by atoms with Crippen molar-refractivity contribution >= 4 is 16.7 Å². The van der Waals surface area contributed by atoms with Crippen LogP contribution in [0.25, 0.3) is 11.0 Å². The van der Waals surface area contributed by atoms with Crippen molar-refractivity contribution in [2.24, 2.45) is 5.16 Å². The van der Waals surface area contributed by atoms with Crippen molar-refractivity contribution in [3.8, 4) is 0 Å². The van der Waals surface area contributed by atoms with Crippen LogP contribution >= 0.6 is 0 Å². The monoisotopic (exact) mass is 284 g/mol. The molecular weight excluding hydrogens is 264 g/mol. The Hall–Kier alpha value is -1.88. The zero-order valence-corrected chi connectivity index (χ0v) is 12.2. The molecule has 5 heteroatoms. The third-order valence-electron chi connectivity index (χ3n) is 4.42. The summed E-state index contributed by atoms with van der Waals surface area (Å²) in [6.45, 7) is 5.22. The fourth-order valence-corrected chi connectivity index (χ4v) is 3.14. The van der Waals surface area contributed by atoms with E-state index in [0.717, 1.165) is 49.3 Å². The van der Waals surface area contributed by atoms with E-state index in [9.17, 15) is 0 Å². The Kier molecular flexibility index (Phi) is 3.15. The van der Waals surface area contributed by atoms with Gasteiger partial charge >= 0.3 is 0 Å². The van der Waals surface area contributed by atoms with Crippen LogP contribution in [-0.4, -0.2) is 46.3 Å². The lowest BCUT2D eigenvalue weighted by atomic mass is 9.98. The minimum absolute atomic E-state index is 0.247. The molecule has 21 heavy (non-hydrogen) atoms. The van der Waals surface area contributed by atoms with Crippen LogP contribution < -0.4 is 0 Å². The molecule has 0 radical (unpaired) electrons. The van der Waals surface area contributed by atoms with E-state index >= 15 is 0 Å². The summed E-state index contributed by atoms with van der Waals surface area (Å²) in [6, 6.07) is 8.21. The highest BCUT2D eigenvalue weighted by atomic mass is 16.6. The van der Waals surface area contributed by atoms with Crippen molar-refractivity contribution < 1.29 is 4.84 Å². The number of rotatable bonds is 4. The van der Waals surface area contributed by atoms with Crippen molar-refractivity contribution in [3.63, 3.8) is 0 Å². The molecule has 0 saturated carbocycles. The van der Waals surface area contributed by atoms with Gasteiger partial charge in [0.1, 0.15) is 11.9 Å². The summed E-state index contributed by atoms with van der Waals surface area (Å²) >= 11 is 0. The number of H-pyrrole nitrogens is 1. The van der Waals surface area contributed by atoms with Gasteiger partial charge in [-0.2, -0.15) is 0 Å². The molecule has 2 aliphatic rings. The van der Waals surface area contributed by atoms with Crippen LogP contribution in [0.15, 0.2) is 29.4 Å². The number of aromatic nitrogens is 2. The Morgan fingerprint density at radius 2 is 2.19 bits per heavy atom. The van der Waals surface area contributed by atoms with Gasteiger partial charge in [0, 0.05) is 32.0 Å². The number of imidazole rings is 1. The van der Waals surface area contributed by atoms with E-state index in [1.165, 1.54) is 5.71 Å². The van der Waals surface area contributed by atoms with E-state index in [4.69, 9.17) is 9.82 Å².